The van der Waals surface area contributed by atoms with Gasteiger partial charge in [-0.1, -0.05) is 36.4 Å². The first-order valence-electron chi connectivity index (χ1n) is 15.8. The molecule has 13 nitrogen and oxygen atoms in total. The number of ether oxygens (including phenoxy) is 2. The summed E-state index contributed by atoms with van der Waals surface area (Å²) in [4.78, 5) is 22.9. The third-order valence-corrected chi connectivity index (χ3v) is 11.1. The van der Waals surface area contributed by atoms with Crippen molar-refractivity contribution >= 4 is 27.0 Å². The van der Waals surface area contributed by atoms with Crippen LogP contribution >= 0.6 is 0 Å². The number of aromatic nitrogens is 2. The number of carboxylic acid groups (broad SMARTS) is 1. The van der Waals surface area contributed by atoms with E-state index in [0.717, 1.165) is 22.0 Å². The molecule has 1 amide bonds. The summed E-state index contributed by atoms with van der Waals surface area (Å²) in [5, 5.41) is 33.8. The van der Waals surface area contributed by atoms with Gasteiger partial charge in [0.1, 0.15) is 16.7 Å². The van der Waals surface area contributed by atoms with Crippen LogP contribution in [0.5, 0.6) is 17.5 Å². The van der Waals surface area contributed by atoms with E-state index in [2.05, 4.69) is 16.0 Å². The highest BCUT2D eigenvalue weighted by Crippen LogP contribution is 2.52. The van der Waals surface area contributed by atoms with Crippen molar-refractivity contribution in [3.8, 4) is 23.6 Å². The number of rotatable bonds is 8. The SMILES string of the molecule is CCOc1ncccc1C1C(c2c(O)n(S(=O)(=O)c3ccccc3OC)c3ccccc23)N(C(=O)O)CC(C#N)N1C1CCN(C)CC1. The zero-order valence-corrected chi connectivity index (χ0v) is 27.7. The minimum Gasteiger partial charge on any atom is -0.495 e. The Morgan fingerprint density at radius 2 is 1.77 bits per heavy atom. The molecule has 2 aromatic heterocycles. The lowest BCUT2D eigenvalue weighted by Gasteiger charge is -2.53. The summed E-state index contributed by atoms with van der Waals surface area (Å²) in [6, 6.07) is 15.5. The molecule has 6 rings (SSSR count). The lowest BCUT2D eigenvalue weighted by Crippen LogP contribution is -2.61. The number of aromatic hydroxyl groups is 1. The van der Waals surface area contributed by atoms with Crippen molar-refractivity contribution in [3.05, 3.63) is 78.0 Å². The Morgan fingerprint density at radius 1 is 1.06 bits per heavy atom. The third kappa shape index (κ3) is 5.57. The van der Waals surface area contributed by atoms with E-state index in [4.69, 9.17) is 9.47 Å². The van der Waals surface area contributed by atoms with Gasteiger partial charge in [0, 0.05) is 28.8 Å². The monoisotopic (exact) mass is 674 g/mol. The van der Waals surface area contributed by atoms with Gasteiger partial charge in [-0.3, -0.25) is 9.80 Å². The van der Waals surface area contributed by atoms with Crippen LogP contribution < -0.4 is 9.47 Å². The predicted molar refractivity (Wildman–Crippen MR) is 177 cm³/mol. The molecule has 4 heterocycles. The minimum atomic E-state index is -4.48. The van der Waals surface area contributed by atoms with E-state index in [1.807, 2.05) is 18.9 Å². The lowest BCUT2D eigenvalue weighted by molar-refractivity contribution is -0.0389. The molecule has 0 aliphatic carbocycles. The van der Waals surface area contributed by atoms with Crippen molar-refractivity contribution in [2.45, 2.75) is 48.8 Å². The Hall–Kier alpha value is -4.84. The van der Waals surface area contributed by atoms with Crippen LogP contribution in [0.2, 0.25) is 0 Å². The summed E-state index contributed by atoms with van der Waals surface area (Å²) in [5.74, 6) is -0.286. The third-order valence-electron chi connectivity index (χ3n) is 9.32. The largest absolute Gasteiger partial charge is 0.495 e. The van der Waals surface area contributed by atoms with Crippen molar-refractivity contribution in [1.29, 1.82) is 5.26 Å². The molecular weight excluding hydrogens is 636 g/mol. The lowest BCUT2D eigenvalue weighted by atomic mass is 9.84. The van der Waals surface area contributed by atoms with Gasteiger partial charge in [0.15, 0.2) is 0 Å². The van der Waals surface area contributed by atoms with E-state index in [-0.39, 0.29) is 46.8 Å². The maximum absolute atomic E-state index is 14.4. The van der Waals surface area contributed by atoms with E-state index < -0.39 is 40.1 Å². The van der Waals surface area contributed by atoms with Crippen LogP contribution in [0.1, 0.15) is 43.0 Å². The molecule has 14 heteroatoms. The molecule has 2 fully saturated rings. The number of nitrogens with zero attached hydrogens (tertiary/aromatic N) is 6. The molecule has 2 aliphatic heterocycles. The molecule has 0 saturated carbocycles. The highest BCUT2D eigenvalue weighted by Gasteiger charge is 2.51. The number of likely N-dealkylation sites (tertiary alicyclic amines) is 1. The van der Waals surface area contributed by atoms with E-state index >= 15 is 0 Å². The summed E-state index contributed by atoms with van der Waals surface area (Å²) in [6.07, 6.45) is 1.68. The molecule has 0 spiro atoms. The second kappa shape index (κ2) is 13.3. The normalized spacial score (nSPS) is 21.2. The van der Waals surface area contributed by atoms with Crippen LogP contribution in [0, 0.1) is 11.3 Å². The number of amides is 1. The topological polar surface area (TPSA) is 161 Å². The van der Waals surface area contributed by atoms with Crippen molar-refractivity contribution in [2.75, 3.05) is 40.4 Å². The summed E-state index contributed by atoms with van der Waals surface area (Å²) in [7, 11) is -1.09. The van der Waals surface area contributed by atoms with Crippen molar-refractivity contribution in [3.63, 3.8) is 0 Å². The fourth-order valence-electron chi connectivity index (χ4n) is 7.22. The molecule has 0 bridgehead atoms. The van der Waals surface area contributed by atoms with Crippen molar-refractivity contribution in [1.82, 2.24) is 23.7 Å². The maximum Gasteiger partial charge on any atom is 0.407 e. The number of nitriles is 1. The highest BCUT2D eigenvalue weighted by atomic mass is 32.2. The van der Waals surface area contributed by atoms with Crippen LogP contribution in [-0.4, -0.2) is 101 Å². The Bertz CT molecular complexity index is 1970. The van der Waals surface area contributed by atoms with Crippen LogP contribution in [-0.2, 0) is 10.0 Å². The molecule has 252 valence electrons. The number of para-hydroxylation sites is 2. The number of piperidine rings is 1. The average Bonchev–Trinajstić information content (AvgIpc) is 3.40. The van der Waals surface area contributed by atoms with Crippen molar-refractivity contribution in [2.24, 2.45) is 0 Å². The maximum atomic E-state index is 14.4. The van der Waals surface area contributed by atoms with Crippen molar-refractivity contribution < 1.29 is 32.9 Å². The summed E-state index contributed by atoms with van der Waals surface area (Å²) < 4.78 is 41.0. The smallest absolute Gasteiger partial charge is 0.407 e. The van der Waals surface area contributed by atoms with Gasteiger partial charge in [-0.25, -0.2) is 22.2 Å². The highest BCUT2D eigenvalue weighted by molar-refractivity contribution is 7.90. The van der Waals surface area contributed by atoms with Crippen LogP contribution in [0.4, 0.5) is 4.79 Å². The molecule has 4 aromatic rings. The molecule has 48 heavy (non-hydrogen) atoms. The Labute approximate surface area is 279 Å². The molecule has 2 aliphatic rings. The number of fused-ring (bicyclic) bond motifs is 1. The van der Waals surface area contributed by atoms with Gasteiger partial charge >= 0.3 is 6.09 Å². The zero-order chi connectivity index (χ0) is 34.2. The van der Waals surface area contributed by atoms with E-state index in [0.29, 0.717) is 23.8 Å². The van der Waals surface area contributed by atoms with Crippen LogP contribution in [0.25, 0.3) is 10.9 Å². The Kier molecular flexibility index (Phi) is 9.20. The number of hydrogen-bond donors (Lipinski definition) is 2. The molecule has 2 saturated heterocycles. The summed E-state index contributed by atoms with van der Waals surface area (Å²) >= 11 is 0. The van der Waals surface area contributed by atoms with E-state index in [1.165, 1.54) is 19.2 Å². The zero-order valence-electron chi connectivity index (χ0n) is 26.9. The van der Waals surface area contributed by atoms with E-state index in [9.17, 15) is 28.7 Å². The molecular formula is C34H38N6O7S. The van der Waals surface area contributed by atoms with Gasteiger partial charge < -0.3 is 24.6 Å². The number of piperazine rings is 1. The Balaban J connectivity index is 1.67. The Morgan fingerprint density at radius 3 is 2.46 bits per heavy atom. The first-order chi connectivity index (χ1) is 23.1. The number of pyridine rings is 1. The first kappa shape index (κ1) is 33.1. The fourth-order valence-corrected chi connectivity index (χ4v) is 8.82. The number of hydrogen-bond acceptors (Lipinski definition) is 10. The van der Waals surface area contributed by atoms with Crippen LogP contribution in [0.3, 0.4) is 0 Å². The van der Waals surface area contributed by atoms with Gasteiger partial charge in [-0.15, -0.1) is 0 Å². The second-order valence-electron chi connectivity index (χ2n) is 12.0. The van der Waals surface area contributed by atoms with Crippen LogP contribution in [0.15, 0.2) is 71.8 Å². The summed E-state index contributed by atoms with van der Waals surface area (Å²) in [6.45, 7) is 3.44. The standard InChI is InChI=1S/C34H38N6O7S/c1-4-47-32-25(11-9-17-36-32)30-31(38(34(42)43)21-23(20-35)39(30)22-15-18-37(2)19-16-22)29-24-10-5-6-12-26(24)40(33(29)41)48(44,45)28-14-8-7-13-27(28)46-3/h5-14,17,22-23,30-31,41H,4,15-16,18-19,21H2,1-3H3,(H,42,43). The fraction of sp³-hybridized carbons (Fsp3) is 0.382. The number of methoxy groups -OCH3 is 1. The number of benzene rings is 2. The first-order valence-corrected chi connectivity index (χ1v) is 17.2. The predicted octanol–water partition coefficient (Wildman–Crippen LogP) is 4.45. The minimum absolute atomic E-state index is 0.0842. The van der Waals surface area contributed by atoms with Gasteiger partial charge in [-0.2, -0.15) is 5.26 Å². The van der Waals surface area contributed by atoms with Gasteiger partial charge in [-0.05, 0) is 64.2 Å². The molecule has 3 atom stereocenters. The van der Waals surface area contributed by atoms with Gasteiger partial charge in [0.25, 0.3) is 10.0 Å². The average molecular weight is 675 g/mol. The van der Waals surface area contributed by atoms with E-state index in [1.54, 1.807) is 54.7 Å². The quantitative estimate of drug-likeness (QED) is 0.272. The molecule has 0 radical (unpaired) electrons. The molecule has 3 unspecified atom stereocenters. The molecule has 2 aromatic carbocycles. The molecule has 2 N–H and O–H groups in total. The van der Waals surface area contributed by atoms with Gasteiger partial charge in [0.2, 0.25) is 11.8 Å². The van der Waals surface area contributed by atoms with Gasteiger partial charge in [0.05, 0.1) is 43.9 Å². The summed E-state index contributed by atoms with van der Waals surface area (Å²) in [5.41, 5.74) is 0.778. The second-order valence-corrected chi connectivity index (χ2v) is 13.7. The number of carbonyl (C=O) groups is 1.